The lowest BCUT2D eigenvalue weighted by molar-refractivity contribution is 0.496. The van der Waals surface area contributed by atoms with E-state index in [-0.39, 0.29) is 11.0 Å². The van der Waals surface area contributed by atoms with Crippen molar-refractivity contribution in [1.82, 2.24) is 10.2 Å². The minimum Gasteiger partial charge on any atom is -0.284 e. The number of rotatable bonds is 3. The first-order valence-electron chi connectivity index (χ1n) is 4.56. The summed E-state index contributed by atoms with van der Waals surface area (Å²) in [5.41, 5.74) is -0.685. The van der Waals surface area contributed by atoms with E-state index < -0.39 is 33.2 Å². The lowest BCUT2D eigenvalue weighted by Gasteiger charge is -2.07. The van der Waals surface area contributed by atoms with E-state index in [0.29, 0.717) is 6.07 Å². The van der Waals surface area contributed by atoms with E-state index >= 15 is 0 Å². The number of anilines is 1. The van der Waals surface area contributed by atoms with Gasteiger partial charge >= 0.3 is 0 Å². The van der Waals surface area contributed by atoms with Gasteiger partial charge in [0.05, 0.1) is 11.9 Å². The highest BCUT2D eigenvalue weighted by atomic mass is 32.2. The quantitative estimate of drug-likeness (QED) is 0.837. The van der Waals surface area contributed by atoms with E-state index in [4.69, 9.17) is 0 Å². The Morgan fingerprint density at radius 3 is 2.39 bits per heavy atom. The molecule has 0 atom stereocenters. The van der Waals surface area contributed by atoms with Crippen molar-refractivity contribution in [3.63, 3.8) is 0 Å². The summed E-state index contributed by atoms with van der Waals surface area (Å²) in [6.07, 6.45) is 2.04. The third-order valence-corrected chi connectivity index (χ3v) is 3.37. The second-order valence-corrected chi connectivity index (χ2v) is 4.97. The summed E-state index contributed by atoms with van der Waals surface area (Å²) >= 11 is 0. The van der Waals surface area contributed by atoms with Crippen LogP contribution in [0.15, 0.2) is 29.4 Å². The number of H-pyrrole nitrogens is 1. The average molecular weight is 277 g/mol. The number of halogens is 3. The molecule has 18 heavy (non-hydrogen) atoms. The van der Waals surface area contributed by atoms with Crippen LogP contribution in [0.3, 0.4) is 0 Å². The first-order valence-corrected chi connectivity index (χ1v) is 6.04. The molecule has 0 saturated carbocycles. The van der Waals surface area contributed by atoms with Gasteiger partial charge in [-0.15, -0.1) is 0 Å². The molecule has 0 bridgehead atoms. The molecule has 0 aliphatic carbocycles. The summed E-state index contributed by atoms with van der Waals surface area (Å²) in [6, 6.07) is 0.671. The van der Waals surface area contributed by atoms with Gasteiger partial charge in [-0.1, -0.05) is 0 Å². The summed E-state index contributed by atoms with van der Waals surface area (Å²) in [6.45, 7) is 0. The van der Waals surface area contributed by atoms with Crippen molar-refractivity contribution in [3.8, 4) is 0 Å². The third kappa shape index (κ3) is 2.30. The molecule has 1 heterocycles. The molecule has 1 aromatic carbocycles. The van der Waals surface area contributed by atoms with Crippen molar-refractivity contribution < 1.29 is 21.6 Å². The molecule has 0 aliphatic heterocycles. The van der Waals surface area contributed by atoms with Gasteiger partial charge in [0, 0.05) is 18.3 Å². The van der Waals surface area contributed by atoms with Gasteiger partial charge in [0.15, 0.2) is 11.6 Å². The van der Waals surface area contributed by atoms with Gasteiger partial charge in [0.1, 0.15) is 10.7 Å². The van der Waals surface area contributed by atoms with Gasteiger partial charge in [0.2, 0.25) is 0 Å². The van der Waals surface area contributed by atoms with E-state index in [2.05, 4.69) is 10.2 Å². The number of benzene rings is 1. The fraction of sp³-hybridized carbons (Fsp3) is 0. The van der Waals surface area contributed by atoms with Crippen molar-refractivity contribution in [2.24, 2.45) is 0 Å². The summed E-state index contributed by atoms with van der Waals surface area (Å²) < 4.78 is 63.9. The van der Waals surface area contributed by atoms with Crippen molar-refractivity contribution in [1.29, 1.82) is 0 Å². The highest BCUT2D eigenvalue weighted by Crippen LogP contribution is 2.21. The minimum absolute atomic E-state index is 0.253. The monoisotopic (exact) mass is 277 g/mol. The van der Waals surface area contributed by atoms with Gasteiger partial charge in [-0.25, -0.2) is 21.6 Å². The third-order valence-electron chi connectivity index (χ3n) is 2.04. The highest BCUT2D eigenvalue weighted by molar-refractivity contribution is 7.92. The lowest BCUT2D eigenvalue weighted by Crippen LogP contribution is -2.13. The van der Waals surface area contributed by atoms with Crippen LogP contribution in [-0.2, 0) is 10.0 Å². The number of nitrogens with one attached hydrogen (secondary N) is 2. The molecular formula is C9H6F3N3O2S. The average Bonchev–Trinajstić information content (AvgIpc) is 2.79. The van der Waals surface area contributed by atoms with E-state index in [0.717, 1.165) is 12.4 Å². The first-order chi connectivity index (χ1) is 8.40. The molecule has 0 unspecified atom stereocenters. The Morgan fingerprint density at radius 2 is 1.78 bits per heavy atom. The molecule has 0 fully saturated rings. The molecule has 9 heteroatoms. The van der Waals surface area contributed by atoms with Gasteiger partial charge in [-0.2, -0.15) is 5.10 Å². The maximum atomic E-state index is 13.2. The maximum absolute atomic E-state index is 13.2. The van der Waals surface area contributed by atoms with E-state index in [1.165, 1.54) is 0 Å². The number of hydrogen-bond donors (Lipinski definition) is 2. The number of sulfonamides is 1. The molecular weight excluding hydrogens is 271 g/mol. The number of aromatic nitrogens is 2. The van der Waals surface area contributed by atoms with Gasteiger partial charge < -0.3 is 0 Å². The van der Waals surface area contributed by atoms with Crippen LogP contribution in [0.4, 0.5) is 18.9 Å². The first kappa shape index (κ1) is 12.4. The molecule has 2 N–H and O–H groups in total. The van der Waals surface area contributed by atoms with Gasteiger partial charge in [0.25, 0.3) is 10.0 Å². The molecule has 0 spiro atoms. The van der Waals surface area contributed by atoms with Crippen LogP contribution in [0, 0.1) is 17.5 Å². The molecule has 0 saturated heterocycles. The van der Waals surface area contributed by atoms with Gasteiger partial charge in [-0.3, -0.25) is 9.82 Å². The van der Waals surface area contributed by atoms with E-state index in [1.54, 1.807) is 4.72 Å². The van der Waals surface area contributed by atoms with E-state index in [9.17, 15) is 21.6 Å². The summed E-state index contributed by atoms with van der Waals surface area (Å²) in [5.74, 6) is -3.99. The number of hydrogen-bond acceptors (Lipinski definition) is 3. The number of aromatic amines is 1. The zero-order chi connectivity index (χ0) is 13.3. The van der Waals surface area contributed by atoms with Crippen molar-refractivity contribution in [2.45, 2.75) is 4.90 Å². The summed E-state index contributed by atoms with van der Waals surface area (Å²) in [5, 5.41) is 5.67. The molecule has 1 aromatic heterocycles. The van der Waals surface area contributed by atoms with Crippen LogP contribution >= 0.6 is 0 Å². The lowest BCUT2D eigenvalue weighted by atomic mass is 10.3. The largest absolute Gasteiger partial charge is 0.284 e. The fourth-order valence-corrected chi connectivity index (χ4v) is 2.15. The fourth-order valence-electron chi connectivity index (χ4n) is 1.19. The molecule has 5 nitrogen and oxygen atoms in total. The second kappa shape index (κ2) is 4.33. The maximum Gasteiger partial charge on any atom is 0.265 e. The van der Waals surface area contributed by atoms with Crippen molar-refractivity contribution >= 4 is 15.7 Å². The summed E-state index contributed by atoms with van der Waals surface area (Å²) in [7, 11) is -4.09. The SMILES string of the molecule is O=S(=O)(Nc1cc(F)c(F)cc1F)c1cn[nH]c1. The standard InChI is InChI=1S/C9H6F3N3O2S/c10-6-1-8(12)9(2-7(6)11)15-18(16,17)5-3-13-14-4-5/h1-4,15H,(H,13,14). The summed E-state index contributed by atoms with van der Waals surface area (Å²) in [4.78, 5) is -0.258. The van der Waals surface area contributed by atoms with Gasteiger partial charge in [-0.05, 0) is 0 Å². The Labute approximate surface area is 99.7 Å². The van der Waals surface area contributed by atoms with Crippen molar-refractivity contribution in [2.75, 3.05) is 4.72 Å². The molecule has 2 aromatic rings. The molecule has 0 radical (unpaired) electrons. The van der Waals surface area contributed by atoms with Crippen LogP contribution in [0.1, 0.15) is 0 Å². The van der Waals surface area contributed by atoms with Crippen LogP contribution < -0.4 is 4.72 Å². The predicted octanol–water partition coefficient (Wildman–Crippen LogP) is 1.63. The predicted molar refractivity (Wildman–Crippen MR) is 55.7 cm³/mol. The zero-order valence-corrected chi connectivity index (χ0v) is 9.43. The van der Waals surface area contributed by atoms with Crippen LogP contribution in [-0.4, -0.2) is 18.6 Å². The molecule has 96 valence electrons. The Bertz CT molecular complexity index is 671. The van der Waals surface area contributed by atoms with Crippen LogP contribution in [0.2, 0.25) is 0 Å². The van der Waals surface area contributed by atoms with Crippen LogP contribution in [0.5, 0.6) is 0 Å². The molecule has 2 rings (SSSR count). The van der Waals surface area contributed by atoms with E-state index in [1.807, 2.05) is 0 Å². The van der Waals surface area contributed by atoms with Crippen molar-refractivity contribution in [3.05, 3.63) is 42.0 Å². The smallest absolute Gasteiger partial charge is 0.265 e. The highest BCUT2D eigenvalue weighted by Gasteiger charge is 2.19. The Hall–Kier alpha value is -2.03. The minimum atomic E-state index is -4.09. The number of nitrogens with zero attached hydrogens (tertiary/aromatic N) is 1. The van der Waals surface area contributed by atoms with Crippen LogP contribution in [0.25, 0.3) is 0 Å². The molecule has 0 aliphatic rings. The Morgan fingerprint density at radius 1 is 1.11 bits per heavy atom. The molecule has 0 amide bonds. The Kier molecular flexibility index (Phi) is 2.99. The second-order valence-electron chi connectivity index (χ2n) is 3.29. The Balaban J connectivity index is 2.39. The normalized spacial score (nSPS) is 11.5. The topological polar surface area (TPSA) is 74.8 Å². The zero-order valence-electron chi connectivity index (χ0n) is 8.62.